The molecule has 6 nitrogen and oxygen atoms in total. The Hall–Kier alpha value is -3.82. The number of hydrogen-bond acceptors (Lipinski definition) is 5. The Balaban J connectivity index is 1.90. The van der Waals surface area contributed by atoms with Gasteiger partial charge in [-0.3, -0.25) is 14.5 Å². The van der Waals surface area contributed by atoms with E-state index < -0.39 is 5.41 Å². The molecule has 0 saturated heterocycles. The molecule has 0 aromatic heterocycles. The molecule has 3 aliphatic rings. The summed E-state index contributed by atoms with van der Waals surface area (Å²) >= 11 is 6.32. The van der Waals surface area contributed by atoms with E-state index in [9.17, 15) is 14.9 Å². The van der Waals surface area contributed by atoms with Gasteiger partial charge in [0, 0.05) is 40.5 Å². The number of hydrogen-bond donors (Lipinski definition) is 1. The Morgan fingerprint density at radius 2 is 1.97 bits per heavy atom. The van der Waals surface area contributed by atoms with Crippen LogP contribution >= 0.6 is 11.6 Å². The quantitative estimate of drug-likeness (QED) is 0.660. The molecule has 2 heterocycles. The molecule has 7 heteroatoms. The first-order valence-electron chi connectivity index (χ1n) is 11.1. The highest BCUT2D eigenvalue weighted by molar-refractivity contribution is 6.31. The molecule has 0 unspecified atom stereocenters. The van der Waals surface area contributed by atoms with Crippen LogP contribution in [0, 0.1) is 18.3 Å². The van der Waals surface area contributed by atoms with Gasteiger partial charge in [0.1, 0.15) is 17.3 Å². The average Bonchev–Trinajstić information content (AvgIpc) is 3.05. The van der Waals surface area contributed by atoms with E-state index in [-0.39, 0.29) is 29.6 Å². The van der Waals surface area contributed by atoms with Crippen LogP contribution in [0.5, 0.6) is 0 Å². The summed E-state index contributed by atoms with van der Waals surface area (Å²) in [5.74, 6) is -0.349. The number of anilines is 2. The number of para-hydroxylation sites is 1. The molecular formula is C27H23ClN4O2. The maximum absolute atomic E-state index is 14.2. The van der Waals surface area contributed by atoms with Crippen LogP contribution in [0.1, 0.15) is 30.4 Å². The zero-order chi connectivity index (χ0) is 24.2. The number of nitriles is 1. The highest BCUT2D eigenvalue weighted by Gasteiger charge is 2.62. The maximum Gasteiger partial charge on any atom is 0.248 e. The van der Waals surface area contributed by atoms with Crippen molar-refractivity contribution >= 4 is 34.7 Å². The molecule has 170 valence electrons. The van der Waals surface area contributed by atoms with Gasteiger partial charge in [-0.1, -0.05) is 41.9 Å². The third-order valence-electron chi connectivity index (χ3n) is 6.90. The topological polar surface area (TPSA) is 90.4 Å². The lowest BCUT2D eigenvalue weighted by molar-refractivity contribution is -0.124. The molecule has 0 radical (unpaired) electrons. The van der Waals surface area contributed by atoms with Crippen molar-refractivity contribution in [3.05, 3.63) is 93.9 Å². The van der Waals surface area contributed by atoms with E-state index in [0.717, 1.165) is 5.56 Å². The summed E-state index contributed by atoms with van der Waals surface area (Å²) in [7, 11) is 0. The lowest BCUT2D eigenvalue weighted by atomic mass is 9.63. The maximum atomic E-state index is 14.2. The number of carbonyl (C=O) groups excluding carboxylic acids is 2. The number of Topliss-reactive ketones (excluding diaryl/α,β-unsaturated/α-hetero) is 1. The number of fused-ring (bicyclic) bond motifs is 3. The van der Waals surface area contributed by atoms with Crippen molar-refractivity contribution in [3.63, 3.8) is 0 Å². The van der Waals surface area contributed by atoms with Gasteiger partial charge < -0.3 is 10.6 Å². The van der Waals surface area contributed by atoms with Crippen LogP contribution in [-0.2, 0) is 15.0 Å². The smallest absolute Gasteiger partial charge is 0.248 e. The minimum atomic E-state index is -1.58. The number of carbonyl (C=O) groups is 2. The van der Waals surface area contributed by atoms with Crippen molar-refractivity contribution in [3.8, 4) is 6.07 Å². The summed E-state index contributed by atoms with van der Waals surface area (Å²) in [6.45, 7) is 5.96. The van der Waals surface area contributed by atoms with Gasteiger partial charge in [0.25, 0.3) is 0 Å². The summed E-state index contributed by atoms with van der Waals surface area (Å²) in [4.78, 5) is 31.2. The summed E-state index contributed by atoms with van der Waals surface area (Å²) in [5, 5.41) is 11.0. The Morgan fingerprint density at radius 1 is 1.21 bits per heavy atom. The minimum absolute atomic E-state index is 0.0601. The molecule has 1 spiro atoms. The van der Waals surface area contributed by atoms with Gasteiger partial charge in [-0.25, -0.2) is 0 Å². The van der Waals surface area contributed by atoms with Crippen LogP contribution in [0.2, 0.25) is 5.02 Å². The average molecular weight is 471 g/mol. The number of allylic oxidation sites excluding steroid dienone is 1. The molecule has 2 aromatic rings. The number of rotatable bonds is 3. The molecular weight excluding hydrogens is 448 g/mol. The second-order valence-electron chi connectivity index (χ2n) is 8.71. The molecule has 2 aromatic carbocycles. The van der Waals surface area contributed by atoms with Crippen molar-refractivity contribution in [2.75, 3.05) is 16.3 Å². The first-order valence-corrected chi connectivity index (χ1v) is 11.5. The van der Waals surface area contributed by atoms with E-state index in [2.05, 4.69) is 12.6 Å². The number of aryl methyl sites for hydroxylation is 1. The molecule has 1 aliphatic carbocycles. The van der Waals surface area contributed by atoms with Gasteiger partial charge in [0.2, 0.25) is 5.91 Å². The highest BCUT2D eigenvalue weighted by Crippen LogP contribution is 2.56. The lowest BCUT2D eigenvalue weighted by Gasteiger charge is -2.44. The first-order chi connectivity index (χ1) is 16.4. The van der Waals surface area contributed by atoms with Crippen LogP contribution in [0.15, 0.2) is 77.8 Å². The van der Waals surface area contributed by atoms with E-state index in [0.29, 0.717) is 52.5 Å². The van der Waals surface area contributed by atoms with Gasteiger partial charge in [-0.05, 0) is 43.5 Å². The van der Waals surface area contributed by atoms with Crippen molar-refractivity contribution in [1.82, 2.24) is 0 Å². The van der Waals surface area contributed by atoms with Crippen LogP contribution in [-0.4, -0.2) is 18.2 Å². The summed E-state index contributed by atoms with van der Waals surface area (Å²) in [5.41, 5.74) is 9.05. The van der Waals surface area contributed by atoms with E-state index >= 15 is 0 Å². The zero-order valence-corrected chi connectivity index (χ0v) is 19.5. The fourth-order valence-electron chi connectivity index (χ4n) is 5.54. The van der Waals surface area contributed by atoms with Crippen molar-refractivity contribution in [1.29, 1.82) is 5.26 Å². The predicted molar refractivity (Wildman–Crippen MR) is 132 cm³/mol. The monoisotopic (exact) mass is 470 g/mol. The standard InChI is InChI=1S/C27H23ClN4O2/c1-3-13-31-20-8-5-4-7-18(20)27(26(31)34)19(15-29)25(30)32(21-9-6-10-23(33)24(21)27)22-14-17(28)12-11-16(22)2/h3-5,7-8,11-12,14H,1,6,9-10,13,30H2,2H3/t27-/m1/s1. The minimum Gasteiger partial charge on any atom is -0.384 e. The fraction of sp³-hybridized carbons (Fsp3) is 0.222. The fourth-order valence-corrected chi connectivity index (χ4v) is 5.70. The van der Waals surface area contributed by atoms with E-state index in [1.165, 1.54) is 0 Å². The third-order valence-corrected chi connectivity index (χ3v) is 7.14. The predicted octanol–water partition coefficient (Wildman–Crippen LogP) is 4.64. The molecule has 0 bridgehead atoms. The van der Waals surface area contributed by atoms with Gasteiger partial charge in [0.05, 0.1) is 11.3 Å². The second-order valence-corrected chi connectivity index (χ2v) is 9.14. The van der Waals surface area contributed by atoms with E-state index in [4.69, 9.17) is 17.3 Å². The third kappa shape index (κ3) is 2.74. The molecule has 5 rings (SSSR count). The number of benzene rings is 2. The highest BCUT2D eigenvalue weighted by atomic mass is 35.5. The van der Waals surface area contributed by atoms with Gasteiger partial charge in [-0.2, -0.15) is 5.26 Å². The number of nitrogens with zero attached hydrogens (tertiary/aromatic N) is 3. The molecule has 2 aliphatic heterocycles. The van der Waals surface area contributed by atoms with E-state index in [1.54, 1.807) is 28.0 Å². The van der Waals surface area contributed by atoms with Gasteiger partial charge in [-0.15, -0.1) is 6.58 Å². The number of halogens is 1. The number of amides is 1. The Labute approximate surface area is 203 Å². The van der Waals surface area contributed by atoms with Gasteiger partial charge >= 0.3 is 0 Å². The lowest BCUT2D eigenvalue weighted by Crippen LogP contribution is -2.52. The summed E-state index contributed by atoms with van der Waals surface area (Å²) in [6, 6.07) is 14.9. The van der Waals surface area contributed by atoms with Crippen molar-refractivity contribution in [2.45, 2.75) is 31.6 Å². The molecule has 0 fully saturated rings. The summed E-state index contributed by atoms with van der Waals surface area (Å²) < 4.78 is 0. The molecule has 34 heavy (non-hydrogen) atoms. The Morgan fingerprint density at radius 3 is 2.71 bits per heavy atom. The molecule has 0 saturated carbocycles. The van der Waals surface area contributed by atoms with Crippen molar-refractivity contribution in [2.24, 2.45) is 5.73 Å². The number of nitrogens with two attached hydrogens (primary N) is 1. The van der Waals surface area contributed by atoms with Crippen molar-refractivity contribution < 1.29 is 9.59 Å². The summed E-state index contributed by atoms with van der Waals surface area (Å²) in [6.07, 6.45) is 3.12. The van der Waals surface area contributed by atoms with E-state index in [1.807, 2.05) is 37.3 Å². The Bertz CT molecular complexity index is 1380. The van der Waals surface area contributed by atoms with Crippen LogP contribution < -0.4 is 15.5 Å². The van der Waals surface area contributed by atoms with Crippen LogP contribution in [0.4, 0.5) is 11.4 Å². The largest absolute Gasteiger partial charge is 0.384 e. The molecule has 1 amide bonds. The van der Waals surface area contributed by atoms with Gasteiger partial charge in [0.15, 0.2) is 5.78 Å². The van der Waals surface area contributed by atoms with Crippen LogP contribution in [0.25, 0.3) is 0 Å². The first kappa shape index (κ1) is 22.0. The molecule has 1 atom stereocenters. The Kier molecular flexibility index (Phi) is 5.11. The SMILES string of the molecule is C=CCN1C(=O)[C@@]2(C(C#N)=C(N)N(c3cc(Cl)ccc3C)C3=C2C(=O)CCC3)c2ccccc21. The normalized spacial score (nSPS) is 21.7. The second kappa shape index (κ2) is 7.89. The number of ketones is 1. The zero-order valence-electron chi connectivity index (χ0n) is 18.8. The molecule has 2 N–H and O–H groups in total. The van der Waals surface area contributed by atoms with Crippen LogP contribution in [0.3, 0.4) is 0 Å².